The Balaban J connectivity index is 0. The van der Waals surface area contributed by atoms with Crippen molar-refractivity contribution in [2.45, 2.75) is 53.9 Å². The van der Waals surface area contributed by atoms with Crippen molar-refractivity contribution in [3.63, 3.8) is 0 Å². The second-order valence-electron chi connectivity index (χ2n) is 4.56. The monoisotopic (exact) mass is 266 g/mol. The zero-order chi connectivity index (χ0) is 15.3. The zero-order valence-electron chi connectivity index (χ0n) is 12.9. The van der Waals surface area contributed by atoms with Crippen LogP contribution in [0.5, 0.6) is 0 Å². The average molecular weight is 266 g/mol. The largest absolute Gasteiger partial charge is 0.300 e. The molecular weight excluding hydrogens is 239 g/mol. The standard InChI is InChI=1S/C7H7F.C5H10O.C5H10/c1-6-2-4-7(8)5-3-6;1-3-4-5(2)6;1-4-5(2)3/h2-5H,1H3;3-4H2,1-2H3;2,4H2,1,3H3. The lowest BCUT2D eigenvalue weighted by molar-refractivity contribution is -0.117. The molecule has 1 aromatic rings. The van der Waals surface area contributed by atoms with Gasteiger partial charge in [-0.2, -0.15) is 0 Å². The highest BCUT2D eigenvalue weighted by molar-refractivity contribution is 5.75. The van der Waals surface area contributed by atoms with Crippen LogP contribution in [0.2, 0.25) is 0 Å². The van der Waals surface area contributed by atoms with Crippen molar-refractivity contribution in [1.82, 2.24) is 0 Å². The Hall–Kier alpha value is -1.44. The molecule has 0 aromatic heterocycles. The van der Waals surface area contributed by atoms with E-state index in [1.165, 1.54) is 17.7 Å². The fraction of sp³-hybridized carbons (Fsp3) is 0.471. The van der Waals surface area contributed by atoms with Crippen LogP contribution in [0, 0.1) is 12.7 Å². The number of aryl methyl sites for hydroxylation is 1. The van der Waals surface area contributed by atoms with Gasteiger partial charge in [0.1, 0.15) is 11.6 Å². The summed E-state index contributed by atoms with van der Waals surface area (Å²) in [5.41, 5.74) is 2.34. The Labute approximate surface area is 117 Å². The van der Waals surface area contributed by atoms with Gasteiger partial charge in [-0.15, -0.1) is 6.58 Å². The Kier molecular flexibility index (Phi) is 13.6. The number of ketones is 1. The van der Waals surface area contributed by atoms with E-state index < -0.39 is 0 Å². The maximum absolute atomic E-state index is 12.1. The minimum atomic E-state index is -0.171. The van der Waals surface area contributed by atoms with Gasteiger partial charge in [0.15, 0.2) is 0 Å². The van der Waals surface area contributed by atoms with E-state index in [0.717, 1.165) is 24.8 Å². The normalized spacial score (nSPS) is 8.53. The molecule has 0 saturated heterocycles. The molecule has 0 spiro atoms. The molecule has 0 heterocycles. The molecule has 0 bridgehead atoms. The van der Waals surface area contributed by atoms with Crippen molar-refractivity contribution in [3.8, 4) is 0 Å². The smallest absolute Gasteiger partial charge is 0.129 e. The van der Waals surface area contributed by atoms with E-state index in [0.29, 0.717) is 0 Å². The molecule has 0 aliphatic rings. The number of hydrogen-bond acceptors (Lipinski definition) is 1. The van der Waals surface area contributed by atoms with Crippen molar-refractivity contribution >= 4 is 5.78 Å². The van der Waals surface area contributed by atoms with E-state index >= 15 is 0 Å². The summed E-state index contributed by atoms with van der Waals surface area (Å²) < 4.78 is 12.1. The van der Waals surface area contributed by atoms with Crippen LogP contribution in [0.3, 0.4) is 0 Å². The molecule has 1 nitrogen and oxygen atoms in total. The highest BCUT2D eigenvalue weighted by Gasteiger charge is 1.84. The maximum Gasteiger partial charge on any atom is 0.129 e. The minimum Gasteiger partial charge on any atom is -0.300 e. The molecule has 0 atom stereocenters. The summed E-state index contributed by atoms with van der Waals surface area (Å²) in [6, 6.07) is 6.40. The molecular formula is C17H27FO. The first-order valence-electron chi connectivity index (χ1n) is 6.69. The van der Waals surface area contributed by atoms with Gasteiger partial charge >= 0.3 is 0 Å². The summed E-state index contributed by atoms with van der Waals surface area (Å²) in [5.74, 6) is 0.119. The third-order valence-corrected chi connectivity index (χ3v) is 2.22. The van der Waals surface area contributed by atoms with Crippen molar-refractivity contribution < 1.29 is 9.18 Å². The molecule has 19 heavy (non-hydrogen) atoms. The van der Waals surface area contributed by atoms with Crippen LogP contribution in [0.4, 0.5) is 4.39 Å². The summed E-state index contributed by atoms with van der Waals surface area (Å²) in [6.07, 6.45) is 2.83. The molecule has 0 amide bonds. The topological polar surface area (TPSA) is 17.1 Å². The first-order chi connectivity index (χ1) is 8.83. The maximum atomic E-state index is 12.1. The molecule has 0 fully saturated rings. The van der Waals surface area contributed by atoms with E-state index in [2.05, 4.69) is 13.5 Å². The predicted octanol–water partition coefficient (Wildman–Crippen LogP) is 5.48. The van der Waals surface area contributed by atoms with E-state index in [4.69, 9.17) is 0 Å². The van der Waals surface area contributed by atoms with Crippen LogP contribution in [-0.2, 0) is 4.79 Å². The average Bonchev–Trinajstić information content (AvgIpc) is 2.34. The molecule has 2 heteroatoms. The predicted molar refractivity (Wildman–Crippen MR) is 81.8 cm³/mol. The van der Waals surface area contributed by atoms with E-state index in [1.54, 1.807) is 19.1 Å². The van der Waals surface area contributed by atoms with Crippen LogP contribution in [0.25, 0.3) is 0 Å². The van der Waals surface area contributed by atoms with Gasteiger partial charge in [0.25, 0.3) is 0 Å². The molecule has 0 N–H and O–H groups in total. The Morgan fingerprint density at radius 2 is 1.58 bits per heavy atom. The molecule has 0 aliphatic carbocycles. The van der Waals surface area contributed by atoms with Gasteiger partial charge in [0, 0.05) is 6.42 Å². The first-order valence-corrected chi connectivity index (χ1v) is 6.69. The minimum absolute atomic E-state index is 0.171. The number of carbonyl (C=O) groups is 1. The SMILES string of the molecule is C=C(C)CC.CCCC(C)=O.Cc1ccc(F)cc1. The van der Waals surface area contributed by atoms with Crippen LogP contribution in [-0.4, -0.2) is 5.78 Å². The molecule has 0 radical (unpaired) electrons. The lowest BCUT2D eigenvalue weighted by atomic mass is 10.2. The summed E-state index contributed by atoms with van der Waals surface area (Å²) in [7, 11) is 0. The van der Waals surface area contributed by atoms with Gasteiger partial charge in [0.05, 0.1) is 0 Å². The molecule has 0 aliphatic heterocycles. The van der Waals surface area contributed by atoms with Gasteiger partial charge in [-0.25, -0.2) is 4.39 Å². The van der Waals surface area contributed by atoms with Crippen molar-refractivity contribution in [2.75, 3.05) is 0 Å². The Morgan fingerprint density at radius 3 is 1.74 bits per heavy atom. The molecule has 0 unspecified atom stereocenters. The quantitative estimate of drug-likeness (QED) is 0.662. The van der Waals surface area contributed by atoms with Gasteiger partial charge < -0.3 is 4.79 Å². The Morgan fingerprint density at radius 1 is 1.16 bits per heavy atom. The highest BCUT2D eigenvalue weighted by atomic mass is 19.1. The fourth-order valence-corrected chi connectivity index (χ4v) is 0.885. The number of hydrogen-bond donors (Lipinski definition) is 0. The molecule has 108 valence electrons. The second-order valence-corrected chi connectivity index (χ2v) is 4.56. The first kappa shape index (κ1) is 19.9. The van der Waals surface area contributed by atoms with Crippen molar-refractivity contribution in [2.24, 2.45) is 0 Å². The summed E-state index contributed by atoms with van der Waals surface area (Å²) in [4.78, 5) is 10.0. The van der Waals surface area contributed by atoms with E-state index in [9.17, 15) is 9.18 Å². The van der Waals surface area contributed by atoms with Gasteiger partial charge in [-0.1, -0.05) is 37.1 Å². The third-order valence-electron chi connectivity index (χ3n) is 2.22. The van der Waals surface area contributed by atoms with E-state index in [-0.39, 0.29) is 11.6 Å². The lowest BCUT2D eigenvalue weighted by Gasteiger charge is -1.87. The van der Waals surface area contributed by atoms with Gasteiger partial charge in [-0.3, -0.25) is 0 Å². The number of Topliss-reactive ketones (excluding diaryl/α,β-unsaturated/α-hetero) is 1. The number of carbonyl (C=O) groups excluding carboxylic acids is 1. The van der Waals surface area contributed by atoms with Gasteiger partial charge in [0.2, 0.25) is 0 Å². The van der Waals surface area contributed by atoms with Crippen molar-refractivity contribution in [1.29, 1.82) is 0 Å². The lowest BCUT2D eigenvalue weighted by Crippen LogP contribution is -1.84. The van der Waals surface area contributed by atoms with Gasteiger partial charge in [-0.05, 0) is 45.7 Å². The number of rotatable bonds is 3. The molecule has 1 aromatic carbocycles. The van der Waals surface area contributed by atoms with Crippen LogP contribution < -0.4 is 0 Å². The summed E-state index contributed by atoms with van der Waals surface area (Å²) >= 11 is 0. The highest BCUT2D eigenvalue weighted by Crippen LogP contribution is 1.98. The summed E-state index contributed by atoms with van der Waals surface area (Å²) in [5, 5.41) is 0. The van der Waals surface area contributed by atoms with Crippen LogP contribution in [0.1, 0.15) is 52.5 Å². The van der Waals surface area contributed by atoms with Crippen LogP contribution in [0.15, 0.2) is 36.4 Å². The summed E-state index contributed by atoms with van der Waals surface area (Å²) in [6.45, 7) is 13.3. The fourth-order valence-electron chi connectivity index (χ4n) is 0.885. The number of benzene rings is 1. The zero-order valence-corrected chi connectivity index (χ0v) is 12.9. The molecule has 1 rings (SSSR count). The molecule has 0 saturated carbocycles. The Bertz CT molecular complexity index is 331. The van der Waals surface area contributed by atoms with Crippen molar-refractivity contribution in [3.05, 3.63) is 47.8 Å². The number of allylic oxidation sites excluding steroid dienone is 1. The number of halogens is 1. The van der Waals surface area contributed by atoms with Crippen LogP contribution >= 0.6 is 0 Å². The van der Waals surface area contributed by atoms with E-state index in [1.807, 2.05) is 20.8 Å². The third kappa shape index (κ3) is 19.1. The second kappa shape index (κ2) is 13.0.